The molecule has 0 atom stereocenters. The van der Waals surface area contributed by atoms with Gasteiger partial charge in [-0.1, -0.05) is 22.9 Å². The highest BCUT2D eigenvalue weighted by Crippen LogP contribution is 2.26. The van der Waals surface area contributed by atoms with Crippen LogP contribution in [0.4, 0.5) is 5.69 Å². The largest absolute Gasteiger partial charge is 0.484 e. The lowest BCUT2D eigenvalue weighted by Gasteiger charge is -2.10. The fourth-order valence-electron chi connectivity index (χ4n) is 2.78. The van der Waals surface area contributed by atoms with E-state index in [9.17, 15) is 9.59 Å². The molecule has 2 aromatic carbocycles. The highest BCUT2D eigenvalue weighted by atomic mass is 35.5. The first kappa shape index (κ1) is 18.5. The summed E-state index contributed by atoms with van der Waals surface area (Å²) in [6.45, 7) is 6.24. The molecule has 5 nitrogen and oxygen atoms in total. The van der Waals surface area contributed by atoms with Crippen LogP contribution in [0.5, 0.6) is 5.75 Å². The summed E-state index contributed by atoms with van der Waals surface area (Å²) < 4.78 is 8.12. The van der Waals surface area contributed by atoms with E-state index in [4.69, 9.17) is 16.3 Å². The summed E-state index contributed by atoms with van der Waals surface area (Å²) in [5, 5.41) is 3.50. The minimum Gasteiger partial charge on any atom is -0.484 e. The molecule has 0 bridgehead atoms. The van der Waals surface area contributed by atoms with E-state index in [0.29, 0.717) is 23.0 Å². The van der Waals surface area contributed by atoms with Crippen LogP contribution in [0.25, 0.3) is 10.2 Å². The number of aromatic nitrogens is 1. The molecule has 0 saturated heterocycles. The SMILES string of the molecule is CCn1c(=O)sc2cc(NC(=O)COc3cc(C)c(Cl)c(C)c3)ccc21. The number of hydrogen-bond donors (Lipinski definition) is 1. The topological polar surface area (TPSA) is 60.3 Å². The number of thiazole rings is 1. The third-order valence-corrected chi connectivity index (χ3v) is 5.59. The quantitative estimate of drug-likeness (QED) is 0.703. The molecule has 26 heavy (non-hydrogen) atoms. The fraction of sp³-hybridized carbons (Fsp3) is 0.263. The highest BCUT2D eigenvalue weighted by Gasteiger charge is 2.10. The van der Waals surface area contributed by atoms with Gasteiger partial charge in [-0.3, -0.25) is 14.2 Å². The number of hydrogen-bond acceptors (Lipinski definition) is 4. The van der Waals surface area contributed by atoms with Crippen molar-refractivity contribution in [3.05, 3.63) is 56.1 Å². The summed E-state index contributed by atoms with van der Waals surface area (Å²) in [7, 11) is 0. The number of carbonyl (C=O) groups is 1. The molecule has 0 aliphatic heterocycles. The fourth-order valence-corrected chi connectivity index (χ4v) is 3.88. The van der Waals surface area contributed by atoms with Crippen LogP contribution in [0.15, 0.2) is 35.1 Å². The molecule has 1 amide bonds. The molecule has 3 rings (SSSR count). The van der Waals surface area contributed by atoms with Gasteiger partial charge in [-0.2, -0.15) is 0 Å². The van der Waals surface area contributed by atoms with Crippen LogP contribution in [0.2, 0.25) is 5.02 Å². The van der Waals surface area contributed by atoms with Crippen LogP contribution in [0, 0.1) is 13.8 Å². The summed E-state index contributed by atoms with van der Waals surface area (Å²) in [5.74, 6) is 0.338. The predicted molar refractivity (Wildman–Crippen MR) is 107 cm³/mol. The monoisotopic (exact) mass is 390 g/mol. The van der Waals surface area contributed by atoms with E-state index in [-0.39, 0.29) is 17.4 Å². The number of halogens is 1. The first-order valence-electron chi connectivity index (χ1n) is 8.22. The van der Waals surface area contributed by atoms with Crippen LogP contribution < -0.4 is 14.9 Å². The van der Waals surface area contributed by atoms with Gasteiger partial charge in [0.25, 0.3) is 5.91 Å². The Morgan fingerprint density at radius 3 is 2.58 bits per heavy atom. The lowest BCUT2D eigenvalue weighted by Crippen LogP contribution is -2.20. The molecule has 136 valence electrons. The Hall–Kier alpha value is -2.31. The summed E-state index contributed by atoms with van der Waals surface area (Å²) in [5.41, 5.74) is 3.33. The van der Waals surface area contributed by atoms with Crippen LogP contribution in [0.1, 0.15) is 18.1 Å². The van der Waals surface area contributed by atoms with Crippen molar-refractivity contribution in [1.29, 1.82) is 0 Å². The Morgan fingerprint density at radius 1 is 1.23 bits per heavy atom. The van der Waals surface area contributed by atoms with Crippen LogP contribution in [0.3, 0.4) is 0 Å². The number of nitrogens with zero attached hydrogens (tertiary/aromatic N) is 1. The second-order valence-electron chi connectivity index (χ2n) is 6.00. The van der Waals surface area contributed by atoms with Gasteiger partial charge in [-0.15, -0.1) is 0 Å². The first-order valence-corrected chi connectivity index (χ1v) is 9.41. The van der Waals surface area contributed by atoms with Crippen molar-refractivity contribution in [2.45, 2.75) is 27.3 Å². The van der Waals surface area contributed by atoms with Gasteiger partial charge in [-0.05, 0) is 62.2 Å². The van der Waals surface area contributed by atoms with Gasteiger partial charge in [0, 0.05) is 17.3 Å². The molecule has 1 heterocycles. The van der Waals surface area contributed by atoms with Gasteiger partial charge < -0.3 is 10.1 Å². The Bertz CT molecular complexity index is 1020. The number of benzene rings is 2. The zero-order chi connectivity index (χ0) is 18.8. The van der Waals surface area contributed by atoms with Crippen molar-refractivity contribution in [3.63, 3.8) is 0 Å². The number of anilines is 1. The molecule has 3 aromatic rings. The van der Waals surface area contributed by atoms with Crippen LogP contribution in [-0.4, -0.2) is 17.1 Å². The molecule has 0 aliphatic rings. The van der Waals surface area contributed by atoms with Crippen molar-refractivity contribution >= 4 is 44.7 Å². The van der Waals surface area contributed by atoms with E-state index < -0.39 is 0 Å². The predicted octanol–water partition coefficient (Wildman–Crippen LogP) is 4.37. The Kier molecular flexibility index (Phi) is 5.34. The zero-order valence-electron chi connectivity index (χ0n) is 14.8. The minimum atomic E-state index is -0.267. The van der Waals surface area contributed by atoms with E-state index in [1.165, 1.54) is 11.3 Å². The van der Waals surface area contributed by atoms with Gasteiger partial charge in [0.15, 0.2) is 6.61 Å². The highest BCUT2D eigenvalue weighted by molar-refractivity contribution is 7.16. The molecule has 0 fully saturated rings. The van der Waals surface area contributed by atoms with Crippen LogP contribution in [-0.2, 0) is 11.3 Å². The Labute approximate surface area is 160 Å². The van der Waals surface area contributed by atoms with Crippen LogP contribution >= 0.6 is 22.9 Å². The van der Waals surface area contributed by atoms with Gasteiger partial charge in [-0.25, -0.2) is 0 Å². The lowest BCUT2D eigenvalue weighted by molar-refractivity contribution is -0.118. The maximum atomic E-state index is 12.2. The molecule has 7 heteroatoms. The number of aryl methyl sites for hydroxylation is 3. The maximum absolute atomic E-state index is 12.2. The van der Waals surface area contributed by atoms with Gasteiger partial charge in [0.2, 0.25) is 0 Å². The van der Waals surface area contributed by atoms with E-state index in [0.717, 1.165) is 21.3 Å². The Balaban J connectivity index is 1.68. The summed E-state index contributed by atoms with van der Waals surface area (Å²) in [6.07, 6.45) is 0. The number of fused-ring (bicyclic) bond motifs is 1. The third kappa shape index (κ3) is 3.76. The first-order chi connectivity index (χ1) is 12.4. The maximum Gasteiger partial charge on any atom is 0.308 e. The van der Waals surface area contributed by atoms with Gasteiger partial charge in [0.05, 0.1) is 10.2 Å². The molecular weight excluding hydrogens is 372 g/mol. The van der Waals surface area contributed by atoms with E-state index in [1.807, 2.05) is 32.9 Å². The van der Waals surface area contributed by atoms with E-state index >= 15 is 0 Å². The standard InChI is InChI=1S/C19H19ClN2O3S/c1-4-22-15-6-5-13(9-16(15)26-19(22)24)21-17(23)10-25-14-7-11(2)18(20)12(3)8-14/h5-9H,4,10H2,1-3H3,(H,21,23). The summed E-state index contributed by atoms with van der Waals surface area (Å²) in [4.78, 5) is 24.1. The van der Waals surface area contributed by atoms with E-state index in [2.05, 4.69) is 5.32 Å². The molecule has 0 saturated carbocycles. The average molecular weight is 391 g/mol. The summed E-state index contributed by atoms with van der Waals surface area (Å²) in [6, 6.07) is 9.05. The Morgan fingerprint density at radius 2 is 1.92 bits per heavy atom. The van der Waals surface area contributed by atoms with E-state index in [1.54, 1.807) is 22.8 Å². The summed E-state index contributed by atoms with van der Waals surface area (Å²) >= 11 is 7.30. The molecular formula is C19H19ClN2O3S. The second kappa shape index (κ2) is 7.51. The second-order valence-corrected chi connectivity index (χ2v) is 7.37. The zero-order valence-corrected chi connectivity index (χ0v) is 16.3. The number of carbonyl (C=O) groups excluding carboxylic acids is 1. The number of rotatable bonds is 5. The molecule has 0 aliphatic carbocycles. The van der Waals surface area contributed by atoms with Gasteiger partial charge in [0.1, 0.15) is 5.75 Å². The number of amides is 1. The smallest absolute Gasteiger partial charge is 0.308 e. The molecule has 0 radical (unpaired) electrons. The average Bonchev–Trinajstić information content (AvgIpc) is 2.91. The molecule has 0 spiro atoms. The van der Waals surface area contributed by atoms with Crippen molar-refractivity contribution in [2.75, 3.05) is 11.9 Å². The third-order valence-electron chi connectivity index (χ3n) is 4.05. The van der Waals surface area contributed by atoms with Crippen molar-refractivity contribution < 1.29 is 9.53 Å². The molecule has 0 unspecified atom stereocenters. The molecule has 1 aromatic heterocycles. The number of ether oxygens (including phenoxy) is 1. The normalized spacial score (nSPS) is 10.9. The number of nitrogens with one attached hydrogen (secondary N) is 1. The van der Waals surface area contributed by atoms with Gasteiger partial charge >= 0.3 is 4.87 Å². The van der Waals surface area contributed by atoms with Crippen molar-refractivity contribution in [2.24, 2.45) is 0 Å². The van der Waals surface area contributed by atoms with Crippen molar-refractivity contribution in [3.8, 4) is 5.75 Å². The molecule has 1 N–H and O–H groups in total. The lowest BCUT2D eigenvalue weighted by atomic mass is 10.1. The van der Waals surface area contributed by atoms with Crippen molar-refractivity contribution in [1.82, 2.24) is 4.57 Å². The minimum absolute atomic E-state index is 0.00258.